The van der Waals surface area contributed by atoms with Gasteiger partial charge in [-0.25, -0.2) is 0 Å². The van der Waals surface area contributed by atoms with Crippen LogP contribution in [0.4, 0.5) is 0 Å². The number of hydrogen-bond donors (Lipinski definition) is 0. The average Bonchev–Trinajstić information content (AvgIpc) is 2.39. The van der Waals surface area contributed by atoms with Crippen molar-refractivity contribution in [3.8, 4) is 0 Å². The molecule has 0 saturated carbocycles. The second kappa shape index (κ2) is 4.58. The third-order valence-electron chi connectivity index (χ3n) is 3.62. The van der Waals surface area contributed by atoms with Crippen LogP contribution in [0, 0.1) is 5.92 Å². The molecule has 1 saturated heterocycles. The van der Waals surface area contributed by atoms with Gasteiger partial charge in [-0.3, -0.25) is 4.79 Å². The van der Waals surface area contributed by atoms with Crippen LogP contribution >= 0.6 is 0 Å². The topological polar surface area (TPSA) is 35.5 Å². The quantitative estimate of drug-likeness (QED) is 0.750. The minimum absolute atomic E-state index is 0.0958. The van der Waals surface area contributed by atoms with Crippen molar-refractivity contribution < 1.29 is 14.3 Å². The van der Waals surface area contributed by atoms with E-state index in [-0.39, 0.29) is 18.0 Å². The number of allylic oxidation sites excluding steroid dienone is 2. The molecule has 1 aromatic carbocycles. The van der Waals surface area contributed by atoms with Gasteiger partial charge in [0.2, 0.25) is 0 Å². The maximum Gasteiger partial charge on any atom is 0.199 e. The molecule has 0 aromatic heterocycles. The number of carbonyl (C=O) groups is 1. The Morgan fingerprint density at radius 3 is 2.83 bits per heavy atom. The lowest BCUT2D eigenvalue weighted by Gasteiger charge is -2.36. The second-order valence-corrected chi connectivity index (χ2v) is 4.80. The van der Waals surface area contributed by atoms with Crippen LogP contribution in [0.1, 0.15) is 30.1 Å². The predicted molar refractivity (Wildman–Crippen MR) is 67.0 cm³/mol. The highest BCUT2D eigenvalue weighted by Gasteiger charge is 2.36. The molecule has 94 valence electrons. The van der Waals surface area contributed by atoms with Crippen molar-refractivity contribution in [2.75, 3.05) is 6.61 Å². The Labute approximate surface area is 106 Å². The van der Waals surface area contributed by atoms with E-state index >= 15 is 0 Å². The molecule has 0 amide bonds. The monoisotopic (exact) mass is 244 g/mol. The zero-order valence-corrected chi connectivity index (χ0v) is 10.4. The molecule has 2 unspecified atom stereocenters. The van der Waals surface area contributed by atoms with E-state index in [2.05, 4.69) is 0 Å². The Hall–Kier alpha value is -1.61. The van der Waals surface area contributed by atoms with Crippen LogP contribution in [0.2, 0.25) is 0 Å². The molecule has 2 aliphatic rings. The predicted octanol–water partition coefficient (Wildman–Crippen LogP) is 2.93. The van der Waals surface area contributed by atoms with Crippen LogP contribution in [-0.4, -0.2) is 18.7 Å². The molecule has 0 aliphatic carbocycles. The van der Waals surface area contributed by atoms with Gasteiger partial charge in [-0.2, -0.15) is 0 Å². The largest absolute Gasteiger partial charge is 0.469 e. The summed E-state index contributed by atoms with van der Waals surface area (Å²) in [6.45, 7) is 2.54. The average molecular weight is 244 g/mol. The molecule has 3 rings (SSSR count). The van der Waals surface area contributed by atoms with Gasteiger partial charge in [0.15, 0.2) is 12.1 Å². The van der Waals surface area contributed by atoms with Crippen LogP contribution in [0.3, 0.4) is 0 Å². The van der Waals surface area contributed by atoms with Gasteiger partial charge in [0.05, 0.1) is 6.61 Å². The van der Waals surface area contributed by atoms with Crippen LogP contribution in [0.25, 0.3) is 0 Å². The molecule has 1 fully saturated rings. The van der Waals surface area contributed by atoms with Crippen LogP contribution < -0.4 is 0 Å². The summed E-state index contributed by atoms with van der Waals surface area (Å²) in [6, 6.07) is 9.40. The van der Waals surface area contributed by atoms with Crippen LogP contribution in [-0.2, 0) is 9.47 Å². The number of ketones is 1. The van der Waals surface area contributed by atoms with Gasteiger partial charge in [0.25, 0.3) is 0 Å². The van der Waals surface area contributed by atoms with E-state index in [9.17, 15) is 4.79 Å². The second-order valence-electron chi connectivity index (χ2n) is 4.80. The lowest BCUT2D eigenvalue weighted by molar-refractivity contribution is -0.160. The number of Topliss-reactive ketones (excluding diaryl/α,β-unsaturated/α-hetero) is 1. The number of carbonyl (C=O) groups excluding carboxylic acids is 1. The summed E-state index contributed by atoms with van der Waals surface area (Å²) in [6.07, 6.45) is 1.55. The smallest absolute Gasteiger partial charge is 0.199 e. The van der Waals surface area contributed by atoms with Crippen molar-refractivity contribution in [2.24, 2.45) is 5.92 Å². The van der Waals surface area contributed by atoms with E-state index in [0.717, 1.165) is 29.7 Å². The number of benzene rings is 1. The minimum Gasteiger partial charge on any atom is -0.469 e. The van der Waals surface area contributed by atoms with Gasteiger partial charge in [0, 0.05) is 17.6 Å². The van der Waals surface area contributed by atoms with E-state index in [1.807, 2.05) is 37.3 Å². The molecule has 2 bridgehead atoms. The summed E-state index contributed by atoms with van der Waals surface area (Å²) in [5.41, 5.74) is 1.57. The summed E-state index contributed by atoms with van der Waals surface area (Å²) >= 11 is 0. The van der Waals surface area contributed by atoms with E-state index in [1.54, 1.807) is 0 Å². The van der Waals surface area contributed by atoms with Crippen LogP contribution in [0.15, 0.2) is 41.7 Å². The number of hydrogen-bond acceptors (Lipinski definition) is 3. The van der Waals surface area contributed by atoms with E-state index < -0.39 is 0 Å². The number of ether oxygens (including phenoxy) is 2. The summed E-state index contributed by atoms with van der Waals surface area (Å²) in [7, 11) is 0. The molecular weight excluding hydrogens is 228 g/mol. The standard InChI is InChI=1S/C15H16O3/c1-10-14(12-7-8-17-13(9-12)18-10)15(16)11-5-3-2-4-6-11/h2-6,12-13H,7-9H2,1H3. The van der Waals surface area contributed by atoms with E-state index in [4.69, 9.17) is 9.47 Å². The Balaban J connectivity index is 1.95. The first-order valence-corrected chi connectivity index (χ1v) is 6.34. The summed E-state index contributed by atoms with van der Waals surface area (Å²) in [5.74, 6) is 1.11. The number of rotatable bonds is 2. The van der Waals surface area contributed by atoms with E-state index in [0.29, 0.717) is 6.61 Å². The molecule has 0 radical (unpaired) electrons. The Kier molecular flexibility index (Phi) is 2.92. The minimum atomic E-state index is -0.156. The molecule has 3 heteroatoms. The maximum absolute atomic E-state index is 12.5. The summed E-state index contributed by atoms with van der Waals surface area (Å²) in [4.78, 5) is 12.5. The van der Waals surface area contributed by atoms with Gasteiger partial charge < -0.3 is 9.47 Å². The molecule has 1 aromatic rings. The highest BCUT2D eigenvalue weighted by atomic mass is 16.7. The Morgan fingerprint density at radius 1 is 1.28 bits per heavy atom. The van der Waals surface area contributed by atoms with Gasteiger partial charge in [-0.1, -0.05) is 30.3 Å². The Morgan fingerprint density at radius 2 is 2.06 bits per heavy atom. The molecule has 2 atom stereocenters. The molecule has 0 N–H and O–H groups in total. The third kappa shape index (κ3) is 1.95. The highest BCUT2D eigenvalue weighted by molar-refractivity contribution is 6.09. The van der Waals surface area contributed by atoms with Crippen molar-refractivity contribution in [1.82, 2.24) is 0 Å². The van der Waals surface area contributed by atoms with E-state index in [1.165, 1.54) is 0 Å². The number of fused-ring (bicyclic) bond motifs is 2. The normalized spacial score (nSPS) is 26.7. The highest BCUT2D eigenvalue weighted by Crippen LogP contribution is 2.37. The lowest BCUT2D eigenvalue weighted by Crippen LogP contribution is -2.35. The van der Waals surface area contributed by atoms with Crippen molar-refractivity contribution in [1.29, 1.82) is 0 Å². The summed E-state index contributed by atoms with van der Waals surface area (Å²) < 4.78 is 11.1. The molecular formula is C15H16O3. The fourth-order valence-corrected chi connectivity index (χ4v) is 2.74. The van der Waals surface area contributed by atoms with Gasteiger partial charge in [-0.15, -0.1) is 0 Å². The zero-order valence-electron chi connectivity index (χ0n) is 10.4. The van der Waals surface area contributed by atoms with Crippen molar-refractivity contribution in [3.63, 3.8) is 0 Å². The molecule has 18 heavy (non-hydrogen) atoms. The first kappa shape index (κ1) is 11.5. The molecule has 2 heterocycles. The van der Waals surface area contributed by atoms with Crippen molar-refractivity contribution >= 4 is 5.78 Å². The third-order valence-corrected chi connectivity index (χ3v) is 3.62. The SMILES string of the molecule is CC1=C(C(=O)c2ccccc2)C2CCOC(C2)O1. The van der Waals surface area contributed by atoms with Gasteiger partial charge >= 0.3 is 0 Å². The van der Waals surface area contributed by atoms with Gasteiger partial charge in [-0.05, 0) is 19.3 Å². The molecule has 0 spiro atoms. The van der Waals surface area contributed by atoms with Crippen LogP contribution in [0.5, 0.6) is 0 Å². The van der Waals surface area contributed by atoms with Gasteiger partial charge in [0.1, 0.15) is 5.76 Å². The zero-order chi connectivity index (χ0) is 12.5. The first-order valence-electron chi connectivity index (χ1n) is 6.34. The van der Waals surface area contributed by atoms with Crippen molar-refractivity contribution in [3.05, 3.63) is 47.2 Å². The Bertz CT molecular complexity index is 490. The molecule has 3 nitrogen and oxygen atoms in total. The summed E-state index contributed by atoms with van der Waals surface area (Å²) in [5, 5.41) is 0. The first-order chi connectivity index (χ1) is 8.75. The molecule has 2 aliphatic heterocycles. The fraction of sp³-hybridized carbons (Fsp3) is 0.400. The maximum atomic E-state index is 12.5. The van der Waals surface area contributed by atoms with Crippen molar-refractivity contribution in [2.45, 2.75) is 26.1 Å². The fourth-order valence-electron chi connectivity index (χ4n) is 2.74. The lowest BCUT2D eigenvalue weighted by atomic mass is 9.84.